The number of aromatic nitrogens is 1. The lowest BCUT2D eigenvalue weighted by molar-refractivity contribution is -0.0497. The molecule has 2 aromatic rings. The van der Waals surface area contributed by atoms with Crippen LogP contribution in [0.25, 0.3) is 10.9 Å². The second-order valence-electron chi connectivity index (χ2n) is 6.35. The number of anilines is 1. The molecule has 0 bridgehead atoms. The molecule has 1 aromatic carbocycles. The topological polar surface area (TPSA) is 78.2 Å². The Morgan fingerprint density at radius 3 is 2.76 bits per heavy atom. The minimum Gasteiger partial charge on any atom is -0.435 e. The molecule has 1 saturated carbocycles. The van der Waals surface area contributed by atoms with E-state index in [1.165, 1.54) is 18.3 Å². The van der Waals surface area contributed by atoms with Crippen molar-refractivity contribution in [3.05, 3.63) is 30.0 Å². The van der Waals surface area contributed by atoms with Crippen LogP contribution in [0.1, 0.15) is 37.7 Å². The number of alkyl halides is 2. The summed E-state index contributed by atoms with van der Waals surface area (Å²) >= 11 is 0. The van der Waals surface area contributed by atoms with Crippen LogP contribution >= 0.6 is 0 Å². The van der Waals surface area contributed by atoms with Crippen LogP contribution in [0.4, 0.5) is 14.5 Å². The van der Waals surface area contributed by atoms with Crippen molar-refractivity contribution in [2.45, 2.75) is 44.3 Å². The number of nitrogens with zero attached hydrogens (tertiary/aromatic N) is 2. The molecule has 0 unspecified atom stereocenters. The third-order valence-corrected chi connectivity index (χ3v) is 4.56. The number of rotatable bonds is 5. The zero-order chi connectivity index (χ0) is 17.9. The Kier molecular flexibility index (Phi) is 5.00. The van der Waals surface area contributed by atoms with Gasteiger partial charge < -0.3 is 15.2 Å². The van der Waals surface area contributed by atoms with E-state index in [0.29, 0.717) is 41.5 Å². The van der Waals surface area contributed by atoms with Crippen molar-refractivity contribution in [3.8, 4) is 11.8 Å². The molecule has 25 heavy (non-hydrogen) atoms. The monoisotopic (exact) mass is 347 g/mol. The highest BCUT2D eigenvalue weighted by molar-refractivity contribution is 5.94. The van der Waals surface area contributed by atoms with Crippen LogP contribution in [-0.4, -0.2) is 28.8 Å². The van der Waals surface area contributed by atoms with Crippen molar-refractivity contribution in [1.29, 1.82) is 5.26 Å². The summed E-state index contributed by atoms with van der Waals surface area (Å²) in [4.78, 5) is 4.18. The fourth-order valence-electron chi connectivity index (χ4n) is 3.26. The van der Waals surface area contributed by atoms with Crippen molar-refractivity contribution in [2.75, 3.05) is 11.9 Å². The fraction of sp³-hybridized carbons (Fsp3) is 0.444. The molecule has 1 aliphatic rings. The molecular weight excluding hydrogens is 328 g/mol. The summed E-state index contributed by atoms with van der Waals surface area (Å²) in [7, 11) is 0. The molecule has 3 rings (SSSR count). The number of halogens is 2. The number of ether oxygens (including phenoxy) is 1. The van der Waals surface area contributed by atoms with Gasteiger partial charge in [0, 0.05) is 18.1 Å². The van der Waals surface area contributed by atoms with Gasteiger partial charge in [-0.1, -0.05) is 19.3 Å². The average Bonchev–Trinajstić information content (AvgIpc) is 2.59. The van der Waals surface area contributed by atoms with Crippen LogP contribution in [-0.2, 0) is 0 Å². The molecule has 2 N–H and O–H groups in total. The van der Waals surface area contributed by atoms with E-state index < -0.39 is 12.2 Å². The van der Waals surface area contributed by atoms with Crippen molar-refractivity contribution >= 4 is 16.6 Å². The molecule has 0 atom stereocenters. The van der Waals surface area contributed by atoms with E-state index in [0.717, 1.165) is 19.3 Å². The van der Waals surface area contributed by atoms with Gasteiger partial charge in [-0.25, -0.2) is 0 Å². The first-order valence-corrected chi connectivity index (χ1v) is 8.25. The maximum atomic E-state index is 12.5. The number of nitrogens with one attached hydrogen (secondary N) is 1. The van der Waals surface area contributed by atoms with Gasteiger partial charge in [0.25, 0.3) is 0 Å². The summed E-state index contributed by atoms with van der Waals surface area (Å²) in [6.07, 6.45) is 5.87. The number of pyridine rings is 1. The Morgan fingerprint density at radius 2 is 2.08 bits per heavy atom. The molecule has 0 amide bonds. The lowest BCUT2D eigenvalue weighted by atomic mass is 9.85. The third kappa shape index (κ3) is 3.97. The second kappa shape index (κ2) is 7.19. The van der Waals surface area contributed by atoms with Crippen molar-refractivity contribution < 1.29 is 18.6 Å². The fourth-order valence-corrected chi connectivity index (χ4v) is 3.26. The SMILES string of the molecule is N#Cc1cnc2ccc(OC(F)F)cc2c1NCC1(O)CCCCC1. The van der Waals surface area contributed by atoms with Crippen LogP contribution in [0.2, 0.25) is 0 Å². The predicted octanol–water partition coefficient (Wildman–Crippen LogP) is 3.81. The number of nitriles is 1. The van der Waals surface area contributed by atoms with Crippen LogP contribution in [0.3, 0.4) is 0 Å². The van der Waals surface area contributed by atoms with Gasteiger partial charge in [-0.15, -0.1) is 0 Å². The quantitative estimate of drug-likeness (QED) is 0.860. The van der Waals surface area contributed by atoms with E-state index in [4.69, 9.17) is 0 Å². The zero-order valence-electron chi connectivity index (χ0n) is 13.6. The van der Waals surface area contributed by atoms with Crippen LogP contribution in [0.5, 0.6) is 5.75 Å². The summed E-state index contributed by atoms with van der Waals surface area (Å²) in [5.74, 6) is -0.00109. The highest BCUT2D eigenvalue weighted by Crippen LogP contribution is 2.32. The molecular formula is C18H19F2N3O2. The number of aliphatic hydroxyl groups is 1. The van der Waals surface area contributed by atoms with E-state index in [1.807, 2.05) is 0 Å². The first kappa shape index (κ1) is 17.4. The maximum absolute atomic E-state index is 12.5. The van der Waals surface area contributed by atoms with Gasteiger partial charge in [0.1, 0.15) is 11.8 Å². The molecule has 1 aliphatic carbocycles. The standard InChI is InChI=1S/C18H19F2N3O2/c19-17(20)25-13-4-5-15-14(8-13)16(12(9-21)10-22-15)23-11-18(24)6-2-1-3-7-18/h4-5,8,10,17,24H,1-3,6-7,11H2,(H,22,23). The number of hydrogen-bond donors (Lipinski definition) is 2. The van der Waals surface area contributed by atoms with Gasteiger partial charge >= 0.3 is 6.61 Å². The maximum Gasteiger partial charge on any atom is 0.387 e. The van der Waals surface area contributed by atoms with Crippen LogP contribution in [0.15, 0.2) is 24.4 Å². The predicted molar refractivity (Wildman–Crippen MR) is 89.6 cm³/mol. The highest BCUT2D eigenvalue weighted by atomic mass is 19.3. The summed E-state index contributed by atoms with van der Waals surface area (Å²) in [6, 6.07) is 6.46. The third-order valence-electron chi connectivity index (χ3n) is 4.56. The first-order valence-electron chi connectivity index (χ1n) is 8.25. The van der Waals surface area contributed by atoms with E-state index in [-0.39, 0.29) is 5.75 Å². The van der Waals surface area contributed by atoms with Gasteiger partial charge in [-0.05, 0) is 31.0 Å². The minimum atomic E-state index is -2.93. The van der Waals surface area contributed by atoms with E-state index in [1.54, 1.807) is 6.07 Å². The van der Waals surface area contributed by atoms with Crippen molar-refractivity contribution in [2.24, 2.45) is 0 Å². The van der Waals surface area contributed by atoms with E-state index in [2.05, 4.69) is 21.1 Å². The van der Waals surface area contributed by atoms with Crippen LogP contribution < -0.4 is 10.1 Å². The summed E-state index contributed by atoms with van der Waals surface area (Å²) in [6.45, 7) is -2.63. The number of hydrogen-bond acceptors (Lipinski definition) is 5. The Labute approximate surface area is 144 Å². The van der Waals surface area contributed by atoms with E-state index >= 15 is 0 Å². The normalized spacial score (nSPS) is 16.6. The molecule has 1 heterocycles. The van der Waals surface area contributed by atoms with Gasteiger partial charge in [0.2, 0.25) is 0 Å². The minimum absolute atomic E-state index is 0.00109. The Balaban J connectivity index is 1.94. The van der Waals surface area contributed by atoms with Crippen molar-refractivity contribution in [3.63, 3.8) is 0 Å². The molecule has 132 valence electrons. The number of fused-ring (bicyclic) bond motifs is 1. The zero-order valence-corrected chi connectivity index (χ0v) is 13.6. The molecule has 5 nitrogen and oxygen atoms in total. The Hall–Kier alpha value is -2.46. The lowest BCUT2D eigenvalue weighted by Crippen LogP contribution is -2.38. The molecule has 0 spiro atoms. The van der Waals surface area contributed by atoms with Crippen LogP contribution in [0, 0.1) is 11.3 Å². The largest absolute Gasteiger partial charge is 0.435 e. The van der Waals surface area contributed by atoms with Crippen molar-refractivity contribution in [1.82, 2.24) is 4.98 Å². The molecule has 0 aliphatic heterocycles. The lowest BCUT2D eigenvalue weighted by Gasteiger charge is -2.32. The summed E-state index contributed by atoms with van der Waals surface area (Å²) < 4.78 is 29.4. The summed E-state index contributed by atoms with van der Waals surface area (Å²) in [5.41, 5.74) is 0.503. The van der Waals surface area contributed by atoms with Gasteiger partial charge in [0.15, 0.2) is 0 Å². The molecule has 0 radical (unpaired) electrons. The van der Waals surface area contributed by atoms with Gasteiger partial charge in [-0.2, -0.15) is 14.0 Å². The highest BCUT2D eigenvalue weighted by Gasteiger charge is 2.29. The van der Waals surface area contributed by atoms with E-state index in [9.17, 15) is 19.1 Å². The number of benzene rings is 1. The van der Waals surface area contributed by atoms with Gasteiger partial charge in [-0.3, -0.25) is 4.98 Å². The molecule has 1 aromatic heterocycles. The first-order chi connectivity index (χ1) is 12.0. The molecule has 7 heteroatoms. The summed E-state index contributed by atoms with van der Waals surface area (Å²) in [5, 5.41) is 23.7. The smallest absolute Gasteiger partial charge is 0.387 e. The average molecular weight is 347 g/mol. The molecule has 1 fully saturated rings. The Bertz CT molecular complexity index is 799. The second-order valence-corrected chi connectivity index (χ2v) is 6.35. The Morgan fingerprint density at radius 1 is 1.32 bits per heavy atom. The molecule has 0 saturated heterocycles. The van der Waals surface area contributed by atoms with Gasteiger partial charge in [0.05, 0.1) is 22.4 Å².